The molecule has 0 radical (unpaired) electrons. The van der Waals surface area contributed by atoms with Crippen molar-refractivity contribution in [3.63, 3.8) is 0 Å². The lowest BCUT2D eigenvalue weighted by molar-refractivity contribution is -0.157. The predicted octanol–water partition coefficient (Wildman–Crippen LogP) is 1.10. The molecule has 0 spiro atoms. The van der Waals surface area contributed by atoms with Gasteiger partial charge in [-0.25, -0.2) is 0 Å². The molecule has 4 nitrogen and oxygen atoms in total. The third-order valence-corrected chi connectivity index (χ3v) is 2.18. The summed E-state index contributed by atoms with van der Waals surface area (Å²) in [6.45, 7) is 8.90. The predicted molar refractivity (Wildman–Crippen MR) is 57.7 cm³/mol. The molecule has 0 aliphatic carbocycles. The van der Waals surface area contributed by atoms with Crippen LogP contribution in [0.3, 0.4) is 0 Å². The number of carbonyl (C=O) groups excluding carboxylic acids is 1. The van der Waals surface area contributed by atoms with Crippen molar-refractivity contribution in [1.29, 1.82) is 0 Å². The van der Waals surface area contributed by atoms with E-state index in [-0.39, 0.29) is 18.1 Å². The van der Waals surface area contributed by atoms with E-state index < -0.39 is 5.60 Å². The zero-order chi connectivity index (χ0) is 11.5. The van der Waals surface area contributed by atoms with Gasteiger partial charge in [0.25, 0.3) is 0 Å². The topological polar surface area (TPSA) is 47.6 Å². The largest absolute Gasteiger partial charge is 0.459 e. The molecule has 0 aromatic heterocycles. The van der Waals surface area contributed by atoms with E-state index >= 15 is 0 Å². The number of ether oxygens (including phenoxy) is 2. The smallest absolute Gasteiger partial charge is 0.323 e. The summed E-state index contributed by atoms with van der Waals surface area (Å²) in [5.41, 5.74) is -0.417. The summed E-state index contributed by atoms with van der Waals surface area (Å²) >= 11 is 0. The Morgan fingerprint density at radius 3 is 2.67 bits per heavy atom. The van der Waals surface area contributed by atoms with Gasteiger partial charge in [-0.3, -0.25) is 10.1 Å². The van der Waals surface area contributed by atoms with Crippen molar-refractivity contribution in [1.82, 2.24) is 5.32 Å². The van der Waals surface area contributed by atoms with E-state index in [9.17, 15) is 4.79 Å². The van der Waals surface area contributed by atoms with Crippen LogP contribution in [0.2, 0.25) is 0 Å². The first kappa shape index (κ1) is 12.5. The normalized spacial score (nSPS) is 23.9. The highest BCUT2D eigenvalue weighted by Gasteiger charge is 2.25. The molecular weight excluding hydrogens is 194 g/mol. The van der Waals surface area contributed by atoms with Crippen LogP contribution in [0.1, 0.15) is 34.1 Å². The average molecular weight is 215 g/mol. The molecule has 88 valence electrons. The number of hydrogen-bond donors (Lipinski definition) is 1. The summed E-state index contributed by atoms with van der Waals surface area (Å²) in [6, 6.07) is 0.0171. The summed E-state index contributed by atoms with van der Waals surface area (Å²) in [5.74, 6) is -0.200. The summed E-state index contributed by atoms with van der Waals surface area (Å²) < 4.78 is 10.5. The quantitative estimate of drug-likeness (QED) is 0.716. The first-order valence-electron chi connectivity index (χ1n) is 5.45. The van der Waals surface area contributed by atoms with E-state index in [0.717, 1.165) is 13.0 Å². The molecular formula is C11H21NO3. The fourth-order valence-electron chi connectivity index (χ4n) is 1.48. The van der Waals surface area contributed by atoms with Gasteiger partial charge in [0.15, 0.2) is 0 Å². The maximum absolute atomic E-state index is 11.6. The highest BCUT2D eigenvalue weighted by molar-refractivity contribution is 5.75. The number of esters is 1. The molecule has 1 fully saturated rings. The molecule has 0 aromatic rings. The second-order valence-electron chi connectivity index (χ2n) is 4.98. The van der Waals surface area contributed by atoms with Crippen LogP contribution in [-0.2, 0) is 14.3 Å². The molecule has 15 heavy (non-hydrogen) atoms. The van der Waals surface area contributed by atoms with Gasteiger partial charge in [0.1, 0.15) is 11.6 Å². The molecule has 0 amide bonds. The third-order valence-electron chi connectivity index (χ3n) is 2.18. The Kier molecular flexibility index (Phi) is 4.11. The molecule has 0 aromatic carbocycles. The van der Waals surface area contributed by atoms with Gasteiger partial charge >= 0.3 is 5.97 Å². The second kappa shape index (κ2) is 4.94. The second-order valence-corrected chi connectivity index (χ2v) is 4.98. The van der Waals surface area contributed by atoms with Crippen LogP contribution in [0, 0.1) is 0 Å². The van der Waals surface area contributed by atoms with Crippen LogP contribution in [0.15, 0.2) is 0 Å². The Labute approximate surface area is 91.3 Å². The summed E-state index contributed by atoms with van der Waals surface area (Å²) in [6.07, 6.45) is 0.965. The monoisotopic (exact) mass is 215 g/mol. The first-order chi connectivity index (χ1) is 6.88. The number of nitrogens with one attached hydrogen (secondary N) is 1. The zero-order valence-corrected chi connectivity index (χ0v) is 10.0. The SMILES string of the molecule is C[C@H](NC1CCOC1)C(=O)OC(C)(C)C. The Morgan fingerprint density at radius 1 is 1.53 bits per heavy atom. The van der Waals surface area contributed by atoms with Crippen LogP contribution in [0.4, 0.5) is 0 Å². The van der Waals surface area contributed by atoms with Crippen molar-refractivity contribution in [3.8, 4) is 0 Å². The molecule has 0 bridgehead atoms. The van der Waals surface area contributed by atoms with Gasteiger partial charge < -0.3 is 9.47 Å². The molecule has 4 heteroatoms. The fraction of sp³-hybridized carbons (Fsp3) is 0.909. The molecule has 0 saturated carbocycles. The van der Waals surface area contributed by atoms with Crippen molar-refractivity contribution in [2.75, 3.05) is 13.2 Å². The van der Waals surface area contributed by atoms with E-state index in [4.69, 9.17) is 9.47 Å². The Bertz CT molecular complexity index is 216. The zero-order valence-electron chi connectivity index (χ0n) is 10.0. The van der Waals surface area contributed by atoms with Crippen LogP contribution in [0.25, 0.3) is 0 Å². The fourth-order valence-corrected chi connectivity index (χ4v) is 1.48. The van der Waals surface area contributed by atoms with E-state index in [2.05, 4.69) is 5.32 Å². The van der Waals surface area contributed by atoms with Gasteiger partial charge in [-0.15, -0.1) is 0 Å². The molecule has 1 rings (SSSR count). The summed E-state index contributed by atoms with van der Waals surface area (Å²) in [4.78, 5) is 11.6. The standard InChI is InChI=1S/C11H21NO3/c1-8(10(13)15-11(2,3)4)12-9-5-6-14-7-9/h8-9,12H,5-7H2,1-4H3/t8-,9?/m0/s1. The maximum atomic E-state index is 11.6. The van der Waals surface area contributed by atoms with Crippen LogP contribution in [0.5, 0.6) is 0 Å². The summed E-state index contributed by atoms with van der Waals surface area (Å²) in [5, 5.41) is 3.20. The minimum Gasteiger partial charge on any atom is -0.459 e. The number of carbonyl (C=O) groups is 1. The molecule has 1 saturated heterocycles. The Balaban J connectivity index is 2.32. The van der Waals surface area contributed by atoms with Gasteiger partial charge in [0.2, 0.25) is 0 Å². The average Bonchev–Trinajstić information content (AvgIpc) is 2.53. The lowest BCUT2D eigenvalue weighted by Crippen LogP contribution is -2.44. The minimum atomic E-state index is -0.417. The van der Waals surface area contributed by atoms with Crippen molar-refractivity contribution in [3.05, 3.63) is 0 Å². The van der Waals surface area contributed by atoms with Gasteiger partial charge in [0, 0.05) is 12.6 Å². The van der Waals surface area contributed by atoms with Crippen molar-refractivity contribution >= 4 is 5.97 Å². The minimum absolute atomic E-state index is 0.200. The van der Waals surface area contributed by atoms with Gasteiger partial charge in [-0.2, -0.15) is 0 Å². The number of hydrogen-bond acceptors (Lipinski definition) is 4. The van der Waals surface area contributed by atoms with Gasteiger partial charge in [-0.05, 0) is 34.1 Å². The van der Waals surface area contributed by atoms with E-state index in [1.807, 2.05) is 27.7 Å². The molecule has 1 aliphatic rings. The lowest BCUT2D eigenvalue weighted by Gasteiger charge is -2.24. The Morgan fingerprint density at radius 2 is 2.20 bits per heavy atom. The van der Waals surface area contributed by atoms with Crippen molar-refractivity contribution in [2.45, 2.75) is 51.8 Å². The maximum Gasteiger partial charge on any atom is 0.323 e. The molecule has 1 heterocycles. The highest BCUT2D eigenvalue weighted by atomic mass is 16.6. The summed E-state index contributed by atoms with van der Waals surface area (Å²) in [7, 11) is 0. The lowest BCUT2D eigenvalue weighted by atomic mass is 10.2. The van der Waals surface area contributed by atoms with E-state index in [1.165, 1.54) is 0 Å². The van der Waals surface area contributed by atoms with Crippen LogP contribution >= 0.6 is 0 Å². The van der Waals surface area contributed by atoms with Gasteiger partial charge in [-0.1, -0.05) is 0 Å². The van der Waals surface area contributed by atoms with Gasteiger partial charge in [0.05, 0.1) is 6.61 Å². The third kappa shape index (κ3) is 4.62. The van der Waals surface area contributed by atoms with Crippen molar-refractivity contribution < 1.29 is 14.3 Å². The van der Waals surface area contributed by atoms with E-state index in [1.54, 1.807) is 0 Å². The molecule has 1 aliphatic heterocycles. The molecule has 2 atom stereocenters. The highest BCUT2D eigenvalue weighted by Crippen LogP contribution is 2.10. The van der Waals surface area contributed by atoms with Crippen LogP contribution < -0.4 is 5.32 Å². The molecule has 1 N–H and O–H groups in total. The number of rotatable bonds is 3. The van der Waals surface area contributed by atoms with E-state index in [0.29, 0.717) is 6.61 Å². The first-order valence-corrected chi connectivity index (χ1v) is 5.45. The molecule has 1 unspecified atom stereocenters. The van der Waals surface area contributed by atoms with Crippen LogP contribution in [-0.4, -0.2) is 36.9 Å². The Hall–Kier alpha value is -0.610. The van der Waals surface area contributed by atoms with Crippen molar-refractivity contribution in [2.24, 2.45) is 0 Å².